The largest absolute Gasteiger partial charge is 0.322 e. The zero-order valence-electron chi connectivity index (χ0n) is 16.0. The van der Waals surface area contributed by atoms with Gasteiger partial charge in [0.15, 0.2) is 11.5 Å². The van der Waals surface area contributed by atoms with Crippen LogP contribution < -0.4 is 5.32 Å². The lowest BCUT2D eigenvalue weighted by molar-refractivity contribution is 0.102. The number of hydrogen-bond donors (Lipinski definition) is 1. The SMILES string of the molecule is O=C(Nc1cccc(-c2ccc3nnc(-c4ccncc4)n3n2)c1)c1cccnc1Cl. The fraction of sp³-hybridized carbons (Fsp3) is 0. The number of nitrogens with zero attached hydrogens (tertiary/aromatic N) is 6. The lowest BCUT2D eigenvalue weighted by Crippen LogP contribution is -2.12. The Labute approximate surface area is 181 Å². The maximum absolute atomic E-state index is 12.5. The molecule has 1 N–H and O–H groups in total. The number of amides is 1. The first-order valence-electron chi connectivity index (χ1n) is 9.34. The van der Waals surface area contributed by atoms with Gasteiger partial charge in [0.1, 0.15) is 5.15 Å². The molecule has 0 bridgehead atoms. The maximum Gasteiger partial charge on any atom is 0.258 e. The monoisotopic (exact) mass is 427 g/mol. The Bertz CT molecular complexity index is 1400. The van der Waals surface area contributed by atoms with Crippen molar-refractivity contribution >= 4 is 28.8 Å². The summed E-state index contributed by atoms with van der Waals surface area (Å²) in [6, 6.07) is 18.1. The van der Waals surface area contributed by atoms with Crippen molar-refractivity contribution in [2.24, 2.45) is 0 Å². The Morgan fingerprint density at radius 2 is 1.77 bits per heavy atom. The molecule has 0 radical (unpaired) electrons. The van der Waals surface area contributed by atoms with Gasteiger partial charge in [-0.2, -0.15) is 9.61 Å². The number of hydrogen-bond acceptors (Lipinski definition) is 6. The summed E-state index contributed by atoms with van der Waals surface area (Å²) in [7, 11) is 0. The second kappa shape index (κ2) is 7.92. The van der Waals surface area contributed by atoms with Gasteiger partial charge >= 0.3 is 0 Å². The summed E-state index contributed by atoms with van der Waals surface area (Å²) in [4.78, 5) is 20.5. The molecule has 0 unspecified atom stereocenters. The zero-order valence-corrected chi connectivity index (χ0v) is 16.7. The van der Waals surface area contributed by atoms with E-state index < -0.39 is 0 Å². The highest BCUT2D eigenvalue weighted by Crippen LogP contribution is 2.24. The first-order chi connectivity index (χ1) is 15.2. The summed E-state index contributed by atoms with van der Waals surface area (Å²) in [5.74, 6) is 0.285. The number of benzene rings is 1. The number of aromatic nitrogens is 6. The normalized spacial score (nSPS) is 10.9. The van der Waals surface area contributed by atoms with Crippen LogP contribution in [0.3, 0.4) is 0 Å². The summed E-state index contributed by atoms with van der Waals surface area (Å²) >= 11 is 6.02. The standard InChI is InChI=1S/C22H14ClN7O/c23-20-17(5-2-10-25-20)22(31)26-16-4-1-3-15(13-16)18-6-7-19-27-28-21(30(19)29-18)14-8-11-24-12-9-14/h1-13H,(H,26,31). The molecule has 5 aromatic rings. The Morgan fingerprint density at radius 1 is 0.903 bits per heavy atom. The van der Waals surface area contributed by atoms with Crippen LogP contribution in [0.15, 0.2) is 79.3 Å². The third kappa shape index (κ3) is 3.72. The van der Waals surface area contributed by atoms with E-state index in [1.807, 2.05) is 42.5 Å². The highest BCUT2D eigenvalue weighted by atomic mass is 35.5. The first-order valence-corrected chi connectivity index (χ1v) is 9.72. The molecule has 1 amide bonds. The molecule has 150 valence electrons. The number of pyridine rings is 2. The fourth-order valence-electron chi connectivity index (χ4n) is 3.13. The lowest BCUT2D eigenvalue weighted by atomic mass is 10.1. The summed E-state index contributed by atoms with van der Waals surface area (Å²) < 4.78 is 1.69. The van der Waals surface area contributed by atoms with Crippen molar-refractivity contribution in [2.75, 3.05) is 5.32 Å². The Balaban J connectivity index is 1.48. The van der Waals surface area contributed by atoms with Crippen molar-refractivity contribution in [1.82, 2.24) is 29.8 Å². The van der Waals surface area contributed by atoms with Crippen LogP contribution in [0.5, 0.6) is 0 Å². The number of fused-ring (bicyclic) bond motifs is 1. The number of anilines is 1. The summed E-state index contributed by atoms with van der Waals surface area (Å²) in [6.07, 6.45) is 4.93. The van der Waals surface area contributed by atoms with Crippen molar-refractivity contribution < 1.29 is 4.79 Å². The molecule has 0 atom stereocenters. The van der Waals surface area contributed by atoms with Crippen LogP contribution in [0, 0.1) is 0 Å². The average Bonchev–Trinajstić information content (AvgIpc) is 3.23. The molecule has 1 aromatic carbocycles. The highest BCUT2D eigenvalue weighted by Gasteiger charge is 2.13. The van der Waals surface area contributed by atoms with Gasteiger partial charge in [0, 0.05) is 35.4 Å². The molecule has 31 heavy (non-hydrogen) atoms. The zero-order chi connectivity index (χ0) is 21.2. The molecule has 0 saturated heterocycles. The number of carbonyl (C=O) groups excluding carboxylic acids is 1. The third-order valence-electron chi connectivity index (χ3n) is 4.62. The van der Waals surface area contributed by atoms with Crippen LogP contribution in [-0.4, -0.2) is 35.7 Å². The quantitative estimate of drug-likeness (QED) is 0.432. The smallest absolute Gasteiger partial charge is 0.258 e. The van der Waals surface area contributed by atoms with Crippen LogP contribution >= 0.6 is 11.6 Å². The molecule has 4 aromatic heterocycles. The van der Waals surface area contributed by atoms with Crippen molar-refractivity contribution in [2.45, 2.75) is 0 Å². The van der Waals surface area contributed by atoms with Crippen LogP contribution in [0.2, 0.25) is 5.15 Å². The molecule has 0 aliphatic carbocycles. The van der Waals surface area contributed by atoms with Gasteiger partial charge in [-0.1, -0.05) is 23.7 Å². The van der Waals surface area contributed by atoms with Gasteiger partial charge in [0.25, 0.3) is 5.91 Å². The van der Waals surface area contributed by atoms with E-state index in [1.165, 1.54) is 6.20 Å². The molecule has 0 aliphatic heterocycles. The van der Waals surface area contributed by atoms with E-state index >= 15 is 0 Å². The van der Waals surface area contributed by atoms with Gasteiger partial charge < -0.3 is 5.32 Å². The number of halogens is 1. The molecule has 4 heterocycles. The Morgan fingerprint density at radius 3 is 2.61 bits per heavy atom. The minimum absolute atomic E-state index is 0.152. The minimum Gasteiger partial charge on any atom is -0.322 e. The van der Waals surface area contributed by atoms with E-state index in [4.69, 9.17) is 16.7 Å². The third-order valence-corrected chi connectivity index (χ3v) is 4.92. The van der Waals surface area contributed by atoms with Gasteiger partial charge in [0.05, 0.1) is 11.3 Å². The van der Waals surface area contributed by atoms with Crippen LogP contribution in [-0.2, 0) is 0 Å². The van der Waals surface area contributed by atoms with E-state index in [0.29, 0.717) is 28.4 Å². The van der Waals surface area contributed by atoms with Crippen molar-refractivity contribution in [1.29, 1.82) is 0 Å². The van der Waals surface area contributed by atoms with Gasteiger partial charge in [-0.15, -0.1) is 10.2 Å². The van der Waals surface area contributed by atoms with E-state index in [1.54, 1.807) is 35.1 Å². The average molecular weight is 428 g/mol. The molecular weight excluding hydrogens is 414 g/mol. The summed E-state index contributed by atoms with van der Waals surface area (Å²) in [6.45, 7) is 0. The van der Waals surface area contributed by atoms with Crippen LogP contribution in [0.1, 0.15) is 10.4 Å². The lowest BCUT2D eigenvalue weighted by Gasteiger charge is -2.08. The van der Waals surface area contributed by atoms with E-state index in [-0.39, 0.29) is 11.1 Å². The fourth-order valence-corrected chi connectivity index (χ4v) is 3.34. The molecule has 5 rings (SSSR count). The van der Waals surface area contributed by atoms with Crippen molar-refractivity contribution in [3.8, 4) is 22.6 Å². The van der Waals surface area contributed by atoms with Crippen molar-refractivity contribution in [3.63, 3.8) is 0 Å². The van der Waals surface area contributed by atoms with E-state index in [2.05, 4.69) is 25.5 Å². The Kier molecular flexibility index (Phi) is 4.81. The van der Waals surface area contributed by atoms with Gasteiger partial charge in [-0.25, -0.2) is 4.98 Å². The van der Waals surface area contributed by atoms with Gasteiger partial charge in [-0.3, -0.25) is 9.78 Å². The van der Waals surface area contributed by atoms with Gasteiger partial charge in [-0.05, 0) is 48.5 Å². The highest BCUT2D eigenvalue weighted by molar-refractivity contribution is 6.33. The van der Waals surface area contributed by atoms with E-state index in [9.17, 15) is 4.79 Å². The predicted molar refractivity (Wildman–Crippen MR) is 117 cm³/mol. The first kappa shape index (κ1) is 18.8. The molecule has 0 aliphatic rings. The van der Waals surface area contributed by atoms with Crippen molar-refractivity contribution in [3.05, 3.63) is 90.0 Å². The number of rotatable bonds is 4. The predicted octanol–water partition coefficient (Wildman–Crippen LogP) is 4.15. The molecule has 0 spiro atoms. The minimum atomic E-state index is -0.336. The van der Waals surface area contributed by atoms with Crippen LogP contribution in [0.25, 0.3) is 28.3 Å². The second-order valence-corrected chi connectivity index (χ2v) is 6.98. The van der Waals surface area contributed by atoms with Crippen LogP contribution in [0.4, 0.5) is 5.69 Å². The van der Waals surface area contributed by atoms with Gasteiger partial charge in [0.2, 0.25) is 0 Å². The Hall–Kier alpha value is -4.17. The van der Waals surface area contributed by atoms with E-state index in [0.717, 1.165) is 11.1 Å². The maximum atomic E-state index is 12.5. The molecular formula is C22H14ClN7O. The summed E-state index contributed by atoms with van der Waals surface area (Å²) in [5, 5.41) is 16.1. The number of nitrogens with one attached hydrogen (secondary N) is 1. The molecule has 8 nitrogen and oxygen atoms in total. The number of carbonyl (C=O) groups is 1. The molecule has 0 saturated carbocycles. The second-order valence-electron chi connectivity index (χ2n) is 6.62. The summed E-state index contributed by atoms with van der Waals surface area (Å²) in [5.41, 5.74) is 3.94. The molecule has 9 heteroatoms. The molecule has 0 fully saturated rings. The topological polar surface area (TPSA) is 98.0 Å².